The lowest BCUT2D eigenvalue weighted by molar-refractivity contribution is -0.152. The number of benzene rings is 1. The maximum atomic E-state index is 12.2. The molecule has 2 saturated heterocycles. The van der Waals surface area contributed by atoms with Gasteiger partial charge in [0.25, 0.3) is 0 Å². The van der Waals surface area contributed by atoms with E-state index in [1.165, 1.54) is 4.24 Å². The summed E-state index contributed by atoms with van der Waals surface area (Å²) in [7, 11) is 0. The molecule has 4 rings (SSSR count). The molecule has 3 heterocycles. The van der Waals surface area contributed by atoms with Crippen LogP contribution in [0, 0.1) is 5.92 Å². The van der Waals surface area contributed by atoms with Gasteiger partial charge in [-0.1, -0.05) is 36.9 Å². The fraction of sp³-hybridized carbons (Fsp3) is 0.550. The first-order chi connectivity index (χ1) is 13.1. The Labute approximate surface area is 169 Å². The Hall–Kier alpha value is -1.15. The molecule has 5 atom stereocenters. The Bertz CT molecular complexity index is 714. The highest BCUT2D eigenvalue weighted by atomic mass is 32.2. The van der Waals surface area contributed by atoms with E-state index < -0.39 is 6.10 Å². The van der Waals surface area contributed by atoms with Gasteiger partial charge in [0, 0.05) is 24.5 Å². The number of nitrogens with zero attached hydrogens (tertiary/aromatic N) is 2. The second kappa shape index (κ2) is 8.07. The number of ether oxygens (including phenoxy) is 1. The standard InChI is InChI=1S/C20H26N2O3S2/c1-3-16(23)18-19(24)22-12-17(27-20(18)22)26-15-9-10-21(11-15)13(2)25-14-7-5-4-6-8-14/h4-8,12-13,15-16,18,20,23H,3,9-11H2,1-2H3/t13?,15?,16-,18+,20+/m0/s1. The SMILES string of the molecule is CC[C@H](O)[C@@H]1C(=O)N2C=C(SC3CCN(C(C)Oc4ccccc4)C3)S[C@H]12. The number of hydrogen-bond donors (Lipinski definition) is 1. The van der Waals surface area contributed by atoms with E-state index in [2.05, 4.69) is 11.8 Å². The molecule has 0 spiro atoms. The fourth-order valence-electron chi connectivity index (χ4n) is 3.82. The fourth-order valence-corrected chi connectivity index (χ4v) is 6.88. The van der Waals surface area contributed by atoms with E-state index in [-0.39, 0.29) is 23.4 Å². The predicted molar refractivity (Wildman–Crippen MR) is 110 cm³/mol. The van der Waals surface area contributed by atoms with Crippen molar-refractivity contribution in [2.24, 2.45) is 5.92 Å². The number of aliphatic hydroxyl groups excluding tert-OH is 1. The van der Waals surface area contributed by atoms with Gasteiger partial charge in [0.05, 0.1) is 16.3 Å². The maximum Gasteiger partial charge on any atom is 0.236 e. The molecular weight excluding hydrogens is 380 g/mol. The van der Waals surface area contributed by atoms with Gasteiger partial charge in [-0.05, 0) is 31.9 Å². The molecule has 2 unspecified atom stereocenters. The van der Waals surface area contributed by atoms with Crippen molar-refractivity contribution in [1.29, 1.82) is 0 Å². The van der Waals surface area contributed by atoms with Crippen LogP contribution in [-0.4, -0.2) is 56.9 Å². The summed E-state index contributed by atoms with van der Waals surface area (Å²) in [6, 6.07) is 9.94. The van der Waals surface area contributed by atoms with Crippen LogP contribution in [0.5, 0.6) is 5.75 Å². The van der Waals surface area contributed by atoms with E-state index in [1.807, 2.05) is 55.2 Å². The topological polar surface area (TPSA) is 53.0 Å². The lowest BCUT2D eigenvalue weighted by atomic mass is 9.91. The third-order valence-corrected chi connectivity index (χ3v) is 8.19. The number of β-lactam (4-membered cyclic amide) rings is 1. The van der Waals surface area contributed by atoms with E-state index >= 15 is 0 Å². The first kappa shape index (κ1) is 19.2. The number of thioether (sulfide) groups is 2. The average Bonchev–Trinajstić information content (AvgIpc) is 3.28. The predicted octanol–water partition coefficient (Wildman–Crippen LogP) is 3.32. The summed E-state index contributed by atoms with van der Waals surface area (Å²) in [5.41, 5.74) is 0. The van der Waals surface area contributed by atoms with Gasteiger partial charge in [-0.25, -0.2) is 0 Å². The summed E-state index contributed by atoms with van der Waals surface area (Å²) in [5, 5.41) is 10.7. The van der Waals surface area contributed by atoms with Gasteiger partial charge in [-0.2, -0.15) is 0 Å². The minimum absolute atomic E-state index is 0.0498. The molecule has 7 heteroatoms. The van der Waals surface area contributed by atoms with Gasteiger partial charge in [0.2, 0.25) is 5.91 Å². The van der Waals surface area contributed by atoms with Crippen molar-refractivity contribution in [2.75, 3.05) is 13.1 Å². The second-order valence-corrected chi connectivity index (χ2v) is 10.0. The van der Waals surface area contributed by atoms with E-state index in [4.69, 9.17) is 4.74 Å². The van der Waals surface area contributed by atoms with Crippen molar-refractivity contribution in [3.8, 4) is 5.75 Å². The molecule has 5 nitrogen and oxygen atoms in total. The summed E-state index contributed by atoms with van der Waals surface area (Å²) in [6.45, 7) is 6.03. The smallest absolute Gasteiger partial charge is 0.236 e. The van der Waals surface area contributed by atoms with Gasteiger partial charge in [0.1, 0.15) is 17.4 Å². The van der Waals surface area contributed by atoms with Crippen LogP contribution >= 0.6 is 23.5 Å². The highest BCUT2D eigenvalue weighted by Crippen LogP contribution is 2.51. The van der Waals surface area contributed by atoms with Gasteiger partial charge >= 0.3 is 0 Å². The molecule has 27 heavy (non-hydrogen) atoms. The molecule has 1 amide bonds. The minimum Gasteiger partial charge on any atom is -0.475 e. The Balaban J connectivity index is 1.28. The molecule has 3 aliphatic heterocycles. The number of likely N-dealkylation sites (tertiary alicyclic amines) is 1. The largest absolute Gasteiger partial charge is 0.475 e. The highest BCUT2D eigenvalue weighted by Gasteiger charge is 2.53. The molecule has 0 radical (unpaired) electrons. The van der Waals surface area contributed by atoms with Crippen LogP contribution in [0.3, 0.4) is 0 Å². The average molecular weight is 407 g/mol. The van der Waals surface area contributed by atoms with E-state index in [9.17, 15) is 9.90 Å². The van der Waals surface area contributed by atoms with E-state index in [1.54, 1.807) is 16.7 Å². The molecule has 0 aromatic heterocycles. The lowest BCUT2D eigenvalue weighted by Gasteiger charge is -2.42. The molecule has 3 aliphatic rings. The van der Waals surface area contributed by atoms with Crippen LogP contribution in [-0.2, 0) is 4.79 Å². The Morgan fingerprint density at radius 2 is 2.15 bits per heavy atom. The van der Waals surface area contributed by atoms with Crippen LogP contribution in [0.1, 0.15) is 26.7 Å². The number of carbonyl (C=O) groups is 1. The molecule has 1 N–H and O–H groups in total. The van der Waals surface area contributed by atoms with Crippen molar-refractivity contribution in [3.05, 3.63) is 40.8 Å². The van der Waals surface area contributed by atoms with Gasteiger partial charge in [0.15, 0.2) is 0 Å². The van der Waals surface area contributed by atoms with Crippen molar-refractivity contribution in [2.45, 2.75) is 49.6 Å². The van der Waals surface area contributed by atoms with Crippen LogP contribution in [0.25, 0.3) is 0 Å². The number of amides is 1. The number of aliphatic hydroxyl groups is 1. The molecular formula is C20H26N2O3S2. The first-order valence-electron chi connectivity index (χ1n) is 9.58. The summed E-state index contributed by atoms with van der Waals surface area (Å²) in [5.74, 6) is 0.725. The summed E-state index contributed by atoms with van der Waals surface area (Å²) in [6.07, 6.45) is 3.25. The second-order valence-electron chi connectivity index (χ2n) is 7.26. The van der Waals surface area contributed by atoms with Gasteiger partial charge in [-0.15, -0.1) is 11.8 Å². The minimum atomic E-state index is -0.526. The summed E-state index contributed by atoms with van der Waals surface area (Å²) in [4.78, 5) is 16.4. The van der Waals surface area contributed by atoms with Crippen LogP contribution in [0.4, 0.5) is 0 Å². The Morgan fingerprint density at radius 1 is 1.37 bits per heavy atom. The molecule has 2 fully saturated rings. The van der Waals surface area contributed by atoms with Crippen molar-refractivity contribution in [3.63, 3.8) is 0 Å². The van der Waals surface area contributed by atoms with Crippen molar-refractivity contribution in [1.82, 2.24) is 9.80 Å². The first-order valence-corrected chi connectivity index (χ1v) is 11.3. The van der Waals surface area contributed by atoms with Crippen LogP contribution in [0.2, 0.25) is 0 Å². The Morgan fingerprint density at radius 3 is 2.89 bits per heavy atom. The zero-order valence-corrected chi connectivity index (χ0v) is 17.3. The molecule has 1 aromatic carbocycles. The Kier molecular flexibility index (Phi) is 5.73. The summed E-state index contributed by atoms with van der Waals surface area (Å²) < 4.78 is 7.24. The normalized spacial score (nSPS) is 29.9. The number of fused-ring (bicyclic) bond motifs is 1. The quantitative estimate of drug-likeness (QED) is 0.701. The zero-order valence-electron chi connectivity index (χ0n) is 15.7. The van der Waals surface area contributed by atoms with Crippen molar-refractivity contribution < 1.29 is 14.6 Å². The molecule has 0 aliphatic carbocycles. The maximum absolute atomic E-state index is 12.2. The molecule has 0 bridgehead atoms. The number of carbonyl (C=O) groups excluding carboxylic acids is 1. The van der Waals surface area contributed by atoms with Crippen LogP contribution < -0.4 is 4.74 Å². The molecule has 1 aromatic rings. The van der Waals surface area contributed by atoms with Crippen molar-refractivity contribution >= 4 is 29.4 Å². The van der Waals surface area contributed by atoms with E-state index in [0.29, 0.717) is 11.7 Å². The lowest BCUT2D eigenvalue weighted by Crippen LogP contribution is -2.59. The molecule has 146 valence electrons. The molecule has 0 saturated carbocycles. The van der Waals surface area contributed by atoms with Crippen LogP contribution in [0.15, 0.2) is 40.8 Å². The third-order valence-electron chi connectivity index (χ3n) is 5.46. The number of para-hydroxylation sites is 1. The third kappa shape index (κ3) is 3.88. The monoisotopic (exact) mass is 406 g/mol. The number of rotatable bonds is 7. The number of hydrogen-bond acceptors (Lipinski definition) is 6. The van der Waals surface area contributed by atoms with E-state index in [0.717, 1.165) is 25.3 Å². The highest BCUT2D eigenvalue weighted by molar-refractivity contribution is 8.23. The van der Waals surface area contributed by atoms with Gasteiger partial charge in [-0.3, -0.25) is 9.69 Å². The summed E-state index contributed by atoms with van der Waals surface area (Å²) >= 11 is 3.60. The van der Waals surface area contributed by atoms with Gasteiger partial charge < -0.3 is 14.7 Å². The zero-order chi connectivity index (χ0) is 19.0.